The summed E-state index contributed by atoms with van der Waals surface area (Å²) < 4.78 is 19.1. The van der Waals surface area contributed by atoms with E-state index in [0.717, 1.165) is 6.54 Å². The molecule has 17 heavy (non-hydrogen) atoms. The molecule has 0 heterocycles. The Morgan fingerprint density at radius 2 is 2.06 bits per heavy atom. The number of para-hydroxylation sites is 1. The maximum atomic E-state index is 13.7. The Labute approximate surface area is 102 Å². The van der Waals surface area contributed by atoms with Crippen LogP contribution in [-0.2, 0) is 4.74 Å². The van der Waals surface area contributed by atoms with Crippen LogP contribution in [-0.4, -0.2) is 32.3 Å². The van der Waals surface area contributed by atoms with Crippen LogP contribution in [0.25, 0.3) is 0 Å². The first-order chi connectivity index (χ1) is 8.22. The second-order valence-electron chi connectivity index (χ2n) is 3.80. The van der Waals surface area contributed by atoms with Gasteiger partial charge in [-0.3, -0.25) is 0 Å². The van der Waals surface area contributed by atoms with Gasteiger partial charge in [0.05, 0.1) is 11.8 Å². The van der Waals surface area contributed by atoms with Gasteiger partial charge in [0.15, 0.2) is 0 Å². The molecule has 0 amide bonds. The maximum absolute atomic E-state index is 13.7. The summed E-state index contributed by atoms with van der Waals surface area (Å²) in [5.74, 6) is -0.207. The molecule has 0 aliphatic rings. The van der Waals surface area contributed by atoms with Crippen LogP contribution in [0.2, 0.25) is 0 Å². The van der Waals surface area contributed by atoms with Gasteiger partial charge in [0, 0.05) is 26.2 Å². The number of benzene rings is 1. The monoisotopic (exact) mass is 240 g/mol. The normalized spacial score (nSPS) is 12.5. The maximum Gasteiger partial charge on any atom is 0.146 e. The predicted molar refractivity (Wildman–Crippen MR) is 68.8 cm³/mol. The molecular formula is C13H21FN2O. The van der Waals surface area contributed by atoms with E-state index < -0.39 is 0 Å². The highest BCUT2D eigenvalue weighted by Gasteiger charge is 2.14. The highest BCUT2D eigenvalue weighted by atomic mass is 19.1. The van der Waals surface area contributed by atoms with Crippen LogP contribution in [0.3, 0.4) is 0 Å². The Balaban J connectivity index is 2.74. The van der Waals surface area contributed by atoms with Gasteiger partial charge < -0.3 is 15.4 Å². The fraction of sp³-hybridized carbons (Fsp3) is 0.538. The molecule has 3 nitrogen and oxygen atoms in total. The van der Waals surface area contributed by atoms with Crippen molar-refractivity contribution in [1.29, 1.82) is 0 Å². The third kappa shape index (κ3) is 3.98. The molecule has 1 rings (SSSR count). The minimum absolute atomic E-state index is 0.0560. The number of nitrogens with zero attached hydrogens (tertiary/aromatic N) is 1. The standard InChI is InChI=1S/C13H21FN2O/c1-3-16(10-11(9-15)17-4-2)13-8-6-5-7-12(13)14/h5-8,11H,3-4,9-10,15H2,1-2H3. The van der Waals surface area contributed by atoms with Gasteiger partial charge in [0.2, 0.25) is 0 Å². The third-order valence-corrected chi connectivity index (χ3v) is 2.66. The van der Waals surface area contributed by atoms with Gasteiger partial charge >= 0.3 is 0 Å². The van der Waals surface area contributed by atoms with Crippen molar-refractivity contribution in [3.05, 3.63) is 30.1 Å². The smallest absolute Gasteiger partial charge is 0.146 e. The van der Waals surface area contributed by atoms with Crippen molar-refractivity contribution >= 4 is 5.69 Å². The van der Waals surface area contributed by atoms with Crippen molar-refractivity contribution in [2.24, 2.45) is 5.73 Å². The van der Waals surface area contributed by atoms with Crippen LogP contribution in [0.1, 0.15) is 13.8 Å². The third-order valence-electron chi connectivity index (χ3n) is 2.66. The summed E-state index contributed by atoms with van der Waals surface area (Å²) in [6.45, 7) is 6.33. The summed E-state index contributed by atoms with van der Waals surface area (Å²) in [6.07, 6.45) is -0.0560. The molecule has 1 unspecified atom stereocenters. The first-order valence-electron chi connectivity index (χ1n) is 6.04. The second kappa shape index (κ2) is 7.25. The average Bonchev–Trinajstić information content (AvgIpc) is 2.35. The molecular weight excluding hydrogens is 219 g/mol. The summed E-state index contributed by atoms with van der Waals surface area (Å²) in [6, 6.07) is 6.77. The van der Waals surface area contributed by atoms with E-state index in [2.05, 4.69) is 0 Å². The van der Waals surface area contributed by atoms with Crippen molar-refractivity contribution < 1.29 is 9.13 Å². The summed E-state index contributed by atoms with van der Waals surface area (Å²) in [5.41, 5.74) is 6.24. The number of hydrogen-bond acceptors (Lipinski definition) is 3. The molecule has 0 radical (unpaired) electrons. The zero-order valence-corrected chi connectivity index (χ0v) is 10.5. The molecule has 0 fully saturated rings. The zero-order chi connectivity index (χ0) is 12.7. The molecule has 0 aromatic heterocycles. The van der Waals surface area contributed by atoms with Gasteiger partial charge in [-0.25, -0.2) is 4.39 Å². The lowest BCUT2D eigenvalue weighted by Crippen LogP contribution is -2.38. The lowest BCUT2D eigenvalue weighted by atomic mass is 10.2. The van der Waals surface area contributed by atoms with E-state index in [9.17, 15) is 4.39 Å². The first kappa shape index (κ1) is 13.9. The minimum Gasteiger partial charge on any atom is -0.375 e. The molecule has 1 aromatic carbocycles. The van der Waals surface area contributed by atoms with Gasteiger partial charge in [-0.15, -0.1) is 0 Å². The van der Waals surface area contributed by atoms with Crippen molar-refractivity contribution in [1.82, 2.24) is 0 Å². The highest BCUT2D eigenvalue weighted by Crippen LogP contribution is 2.18. The predicted octanol–water partition coefficient (Wildman–Crippen LogP) is 2.02. The number of likely N-dealkylation sites (N-methyl/N-ethyl adjacent to an activating group) is 1. The fourth-order valence-corrected chi connectivity index (χ4v) is 1.78. The SMILES string of the molecule is CCOC(CN)CN(CC)c1ccccc1F. The number of nitrogens with two attached hydrogens (primary N) is 1. The summed E-state index contributed by atoms with van der Waals surface area (Å²) in [5, 5.41) is 0. The summed E-state index contributed by atoms with van der Waals surface area (Å²) >= 11 is 0. The molecule has 1 atom stereocenters. The molecule has 96 valence electrons. The largest absolute Gasteiger partial charge is 0.375 e. The van der Waals surface area contributed by atoms with Crippen LogP contribution in [0.15, 0.2) is 24.3 Å². The number of anilines is 1. The van der Waals surface area contributed by atoms with Crippen molar-refractivity contribution in [3.63, 3.8) is 0 Å². The van der Waals surface area contributed by atoms with Crippen molar-refractivity contribution in [3.8, 4) is 0 Å². The van der Waals surface area contributed by atoms with E-state index >= 15 is 0 Å². The zero-order valence-electron chi connectivity index (χ0n) is 10.5. The Kier molecular flexibility index (Phi) is 5.94. The van der Waals surface area contributed by atoms with E-state index in [-0.39, 0.29) is 11.9 Å². The lowest BCUT2D eigenvalue weighted by Gasteiger charge is -2.27. The molecule has 4 heteroatoms. The van der Waals surface area contributed by atoms with Gasteiger partial charge in [-0.1, -0.05) is 12.1 Å². The molecule has 0 saturated carbocycles. The first-order valence-corrected chi connectivity index (χ1v) is 6.04. The van der Waals surface area contributed by atoms with Gasteiger partial charge in [0.25, 0.3) is 0 Å². The number of hydrogen-bond donors (Lipinski definition) is 1. The lowest BCUT2D eigenvalue weighted by molar-refractivity contribution is 0.0737. The number of halogens is 1. The summed E-state index contributed by atoms with van der Waals surface area (Å²) in [4.78, 5) is 1.95. The minimum atomic E-state index is -0.207. The van der Waals surface area contributed by atoms with E-state index in [4.69, 9.17) is 10.5 Å². The van der Waals surface area contributed by atoms with E-state index in [0.29, 0.717) is 25.4 Å². The van der Waals surface area contributed by atoms with Crippen LogP contribution < -0.4 is 10.6 Å². The van der Waals surface area contributed by atoms with Crippen LogP contribution in [0, 0.1) is 5.82 Å². The molecule has 0 spiro atoms. The van der Waals surface area contributed by atoms with E-state index in [1.165, 1.54) is 6.07 Å². The average molecular weight is 240 g/mol. The van der Waals surface area contributed by atoms with Gasteiger partial charge in [0.1, 0.15) is 5.82 Å². The molecule has 2 N–H and O–H groups in total. The Bertz CT molecular complexity index is 333. The number of ether oxygens (including phenoxy) is 1. The van der Waals surface area contributed by atoms with Gasteiger partial charge in [-0.05, 0) is 26.0 Å². The van der Waals surface area contributed by atoms with E-state index in [1.54, 1.807) is 12.1 Å². The van der Waals surface area contributed by atoms with Crippen LogP contribution in [0.4, 0.5) is 10.1 Å². The molecule has 0 bridgehead atoms. The second-order valence-corrected chi connectivity index (χ2v) is 3.80. The van der Waals surface area contributed by atoms with Crippen molar-refractivity contribution in [2.45, 2.75) is 20.0 Å². The van der Waals surface area contributed by atoms with Crippen LogP contribution in [0.5, 0.6) is 0 Å². The molecule has 1 aromatic rings. The fourth-order valence-electron chi connectivity index (χ4n) is 1.78. The molecule has 0 aliphatic carbocycles. The Morgan fingerprint density at radius 3 is 2.59 bits per heavy atom. The Morgan fingerprint density at radius 1 is 1.35 bits per heavy atom. The highest BCUT2D eigenvalue weighted by molar-refractivity contribution is 5.47. The van der Waals surface area contributed by atoms with E-state index in [1.807, 2.05) is 24.8 Å². The summed E-state index contributed by atoms with van der Waals surface area (Å²) in [7, 11) is 0. The number of rotatable bonds is 7. The van der Waals surface area contributed by atoms with Crippen molar-refractivity contribution in [2.75, 3.05) is 31.1 Å². The Hall–Kier alpha value is -1.13. The molecule has 0 aliphatic heterocycles. The quantitative estimate of drug-likeness (QED) is 0.792. The van der Waals surface area contributed by atoms with Crippen LogP contribution >= 0.6 is 0 Å². The van der Waals surface area contributed by atoms with Gasteiger partial charge in [-0.2, -0.15) is 0 Å². The molecule has 0 saturated heterocycles. The topological polar surface area (TPSA) is 38.5 Å².